The van der Waals surface area contributed by atoms with E-state index >= 15 is 0 Å². The van der Waals surface area contributed by atoms with Crippen molar-refractivity contribution < 1.29 is 31.9 Å². The molecule has 0 aliphatic rings. The van der Waals surface area contributed by atoms with Crippen molar-refractivity contribution in [2.45, 2.75) is 30.0 Å². The predicted octanol–water partition coefficient (Wildman–Crippen LogP) is 4.30. The molecule has 0 saturated heterocycles. The fourth-order valence-corrected chi connectivity index (χ4v) is 2.55. The third-order valence-electron chi connectivity index (χ3n) is 3.36. The minimum absolute atomic E-state index is 0.0275. The molecular weight excluding hydrogens is 386 g/mol. The Labute approximate surface area is 156 Å². The van der Waals surface area contributed by atoms with E-state index in [9.17, 15) is 27.2 Å². The first-order valence-corrected chi connectivity index (χ1v) is 8.54. The van der Waals surface area contributed by atoms with Crippen molar-refractivity contribution in [3.8, 4) is 0 Å². The maximum atomic E-state index is 12.8. The smallest absolute Gasteiger partial charge is 0.446 e. The molecule has 0 aliphatic heterocycles. The standard InChI is InChI=1S/C18H15F4NO3S/c1-11(16(24)23-10-12-2-6-14(19)7-3-12)26-17(25)13-4-8-15(9-5-13)27-18(20,21)22/h2-9,11H,10H2,1H3,(H,23,24). The summed E-state index contributed by atoms with van der Waals surface area (Å²) < 4.78 is 54.7. The van der Waals surface area contributed by atoms with Crippen molar-refractivity contribution in [3.05, 3.63) is 65.5 Å². The van der Waals surface area contributed by atoms with Gasteiger partial charge in [0.2, 0.25) is 0 Å². The van der Waals surface area contributed by atoms with Gasteiger partial charge in [-0.1, -0.05) is 12.1 Å². The van der Waals surface area contributed by atoms with Crippen LogP contribution in [0.25, 0.3) is 0 Å². The Bertz CT molecular complexity index is 792. The van der Waals surface area contributed by atoms with Crippen molar-refractivity contribution in [1.29, 1.82) is 0 Å². The van der Waals surface area contributed by atoms with Crippen molar-refractivity contribution in [3.63, 3.8) is 0 Å². The second kappa shape index (κ2) is 8.90. The van der Waals surface area contributed by atoms with E-state index in [1.807, 2.05) is 0 Å². The molecule has 0 fully saturated rings. The summed E-state index contributed by atoms with van der Waals surface area (Å²) in [6, 6.07) is 10.2. The molecule has 2 rings (SSSR count). The lowest BCUT2D eigenvalue weighted by Crippen LogP contribution is -2.35. The zero-order valence-corrected chi connectivity index (χ0v) is 14.9. The van der Waals surface area contributed by atoms with Crippen LogP contribution in [0.5, 0.6) is 0 Å². The van der Waals surface area contributed by atoms with Gasteiger partial charge in [0.25, 0.3) is 5.91 Å². The number of thioether (sulfide) groups is 1. The molecule has 0 aromatic heterocycles. The second-order valence-corrected chi connectivity index (χ2v) is 6.60. The molecule has 0 aliphatic carbocycles. The van der Waals surface area contributed by atoms with E-state index in [-0.39, 0.29) is 28.8 Å². The SMILES string of the molecule is CC(OC(=O)c1ccc(SC(F)(F)F)cc1)C(=O)NCc1ccc(F)cc1. The Morgan fingerprint density at radius 3 is 2.22 bits per heavy atom. The quantitative estimate of drug-likeness (QED) is 0.446. The number of esters is 1. The lowest BCUT2D eigenvalue weighted by Gasteiger charge is -2.14. The number of hydrogen-bond donors (Lipinski definition) is 1. The van der Waals surface area contributed by atoms with E-state index in [0.717, 1.165) is 12.1 Å². The summed E-state index contributed by atoms with van der Waals surface area (Å²) >= 11 is -0.294. The summed E-state index contributed by atoms with van der Waals surface area (Å²) in [6.45, 7) is 1.50. The van der Waals surface area contributed by atoms with Gasteiger partial charge in [-0.3, -0.25) is 4.79 Å². The lowest BCUT2D eigenvalue weighted by molar-refractivity contribution is -0.129. The maximum absolute atomic E-state index is 12.8. The number of alkyl halides is 3. The molecule has 1 atom stereocenters. The number of nitrogens with one attached hydrogen (secondary N) is 1. The monoisotopic (exact) mass is 401 g/mol. The highest BCUT2D eigenvalue weighted by atomic mass is 32.2. The molecule has 4 nitrogen and oxygen atoms in total. The van der Waals surface area contributed by atoms with Crippen molar-refractivity contribution in [1.82, 2.24) is 5.32 Å². The number of amides is 1. The minimum Gasteiger partial charge on any atom is -0.449 e. The van der Waals surface area contributed by atoms with Gasteiger partial charge in [-0.15, -0.1) is 0 Å². The van der Waals surface area contributed by atoms with Gasteiger partial charge in [0.15, 0.2) is 6.10 Å². The van der Waals surface area contributed by atoms with E-state index < -0.39 is 29.3 Å². The molecule has 0 radical (unpaired) electrons. The molecular formula is C18H15F4NO3S. The first kappa shape index (κ1) is 20.8. The Hall–Kier alpha value is -2.55. The van der Waals surface area contributed by atoms with Crippen LogP contribution < -0.4 is 5.32 Å². The molecule has 0 heterocycles. The van der Waals surface area contributed by atoms with Crippen LogP contribution in [-0.4, -0.2) is 23.5 Å². The van der Waals surface area contributed by atoms with Crippen LogP contribution >= 0.6 is 11.8 Å². The summed E-state index contributed by atoms with van der Waals surface area (Å²) in [6.07, 6.45) is -1.11. The molecule has 0 saturated carbocycles. The van der Waals surface area contributed by atoms with Gasteiger partial charge in [0.1, 0.15) is 5.82 Å². The number of benzene rings is 2. The lowest BCUT2D eigenvalue weighted by atomic mass is 10.2. The van der Waals surface area contributed by atoms with Gasteiger partial charge < -0.3 is 10.1 Å². The number of ether oxygens (including phenoxy) is 1. The van der Waals surface area contributed by atoms with Gasteiger partial charge in [-0.05, 0) is 60.6 Å². The summed E-state index contributed by atoms with van der Waals surface area (Å²) in [5.41, 5.74) is -3.72. The Morgan fingerprint density at radius 2 is 1.67 bits per heavy atom. The molecule has 2 aromatic carbocycles. The van der Waals surface area contributed by atoms with E-state index in [0.29, 0.717) is 5.56 Å². The highest BCUT2D eigenvalue weighted by molar-refractivity contribution is 8.00. The first-order valence-electron chi connectivity index (χ1n) is 7.73. The Morgan fingerprint density at radius 1 is 1.07 bits per heavy atom. The van der Waals surface area contributed by atoms with Crippen LogP contribution in [0.3, 0.4) is 0 Å². The third-order valence-corrected chi connectivity index (χ3v) is 4.10. The van der Waals surface area contributed by atoms with Gasteiger partial charge in [0, 0.05) is 11.4 Å². The van der Waals surface area contributed by atoms with E-state index in [2.05, 4.69) is 5.32 Å². The van der Waals surface area contributed by atoms with E-state index in [1.54, 1.807) is 0 Å². The average molecular weight is 401 g/mol. The van der Waals surface area contributed by atoms with Gasteiger partial charge >= 0.3 is 11.5 Å². The Kier molecular flexibility index (Phi) is 6.84. The van der Waals surface area contributed by atoms with Crippen LogP contribution in [-0.2, 0) is 16.1 Å². The molecule has 2 aromatic rings. The highest BCUT2D eigenvalue weighted by Gasteiger charge is 2.29. The molecule has 1 unspecified atom stereocenters. The molecule has 1 amide bonds. The fraction of sp³-hybridized carbons (Fsp3) is 0.222. The van der Waals surface area contributed by atoms with Gasteiger partial charge in [0.05, 0.1) is 5.56 Å². The topological polar surface area (TPSA) is 55.4 Å². The molecule has 1 N–H and O–H groups in total. The van der Waals surface area contributed by atoms with Gasteiger partial charge in [-0.2, -0.15) is 13.2 Å². The highest BCUT2D eigenvalue weighted by Crippen LogP contribution is 2.36. The minimum atomic E-state index is -4.42. The van der Waals surface area contributed by atoms with Crippen LogP contribution in [0.15, 0.2) is 53.4 Å². The van der Waals surface area contributed by atoms with E-state index in [4.69, 9.17) is 4.74 Å². The number of halogens is 4. The molecule has 9 heteroatoms. The van der Waals surface area contributed by atoms with Crippen LogP contribution in [0.2, 0.25) is 0 Å². The van der Waals surface area contributed by atoms with Gasteiger partial charge in [-0.25, -0.2) is 9.18 Å². The normalized spacial score (nSPS) is 12.3. The zero-order chi connectivity index (χ0) is 20.0. The average Bonchev–Trinajstić information content (AvgIpc) is 2.60. The maximum Gasteiger partial charge on any atom is 0.446 e. The molecule has 27 heavy (non-hydrogen) atoms. The second-order valence-electron chi connectivity index (χ2n) is 5.46. The van der Waals surface area contributed by atoms with Crippen LogP contribution in [0.1, 0.15) is 22.8 Å². The largest absolute Gasteiger partial charge is 0.449 e. The summed E-state index contributed by atoms with van der Waals surface area (Å²) in [7, 11) is 0. The fourth-order valence-electron chi connectivity index (χ4n) is 2.01. The molecule has 0 spiro atoms. The van der Waals surface area contributed by atoms with Crippen molar-refractivity contribution >= 4 is 23.6 Å². The Balaban J connectivity index is 1.86. The molecule has 0 bridgehead atoms. The van der Waals surface area contributed by atoms with Crippen molar-refractivity contribution in [2.24, 2.45) is 0 Å². The number of carbonyl (C=O) groups is 2. The number of hydrogen-bond acceptors (Lipinski definition) is 4. The van der Waals surface area contributed by atoms with Crippen molar-refractivity contribution in [2.75, 3.05) is 0 Å². The summed E-state index contributed by atoms with van der Waals surface area (Å²) in [4.78, 5) is 23.9. The third kappa shape index (κ3) is 6.93. The number of carbonyl (C=O) groups excluding carboxylic acids is 2. The van der Waals surface area contributed by atoms with Crippen LogP contribution in [0, 0.1) is 5.82 Å². The zero-order valence-electron chi connectivity index (χ0n) is 14.0. The summed E-state index contributed by atoms with van der Waals surface area (Å²) in [5.74, 6) is -1.79. The predicted molar refractivity (Wildman–Crippen MR) is 91.5 cm³/mol. The van der Waals surface area contributed by atoms with E-state index in [1.165, 1.54) is 43.3 Å². The number of rotatable bonds is 6. The first-order chi connectivity index (χ1) is 12.6. The molecule has 144 valence electrons. The van der Waals surface area contributed by atoms with Crippen LogP contribution in [0.4, 0.5) is 17.6 Å². The summed E-state index contributed by atoms with van der Waals surface area (Å²) in [5, 5.41) is 2.54.